The van der Waals surface area contributed by atoms with Crippen LogP contribution in [0.2, 0.25) is 0 Å². The van der Waals surface area contributed by atoms with E-state index in [1.54, 1.807) is 0 Å². The summed E-state index contributed by atoms with van der Waals surface area (Å²) in [6.07, 6.45) is 6.89. The Kier molecular flexibility index (Phi) is 8.22. The maximum absolute atomic E-state index is 5.53. The lowest BCUT2D eigenvalue weighted by molar-refractivity contribution is 0.0132. The summed E-state index contributed by atoms with van der Waals surface area (Å²) in [6.45, 7) is 12.8. The van der Waals surface area contributed by atoms with Crippen LogP contribution >= 0.6 is 0 Å². The van der Waals surface area contributed by atoms with Gasteiger partial charge in [-0.05, 0) is 43.9 Å². The highest BCUT2D eigenvalue weighted by atomic mass is 16.5. The summed E-state index contributed by atoms with van der Waals surface area (Å²) in [7, 11) is 1.88. The van der Waals surface area contributed by atoms with Crippen LogP contribution in [0.15, 0.2) is 4.99 Å². The van der Waals surface area contributed by atoms with Crippen LogP contribution in [0.4, 0.5) is 0 Å². The zero-order chi connectivity index (χ0) is 19.1. The first-order valence-corrected chi connectivity index (χ1v) is 11.2. The van der Waals surface area contributed by atoms with E-state index in [1.807, 2.05) is 7.05 Å². The van der Waals surface area contributed by atoms with Crippen LogP contribution in [0.5, 0.6) is 0 Å². The van der Waals surface area contributed by atoms with Gasteiger partial charge in [0.1, 0.15) is 0 Å². The fourth-order valence-electron chi connectivity index (χ4n) is 4.10. The molecule has 1 atom stereocenters. The normalized spacial score (nSPS) is 23.1. The van der Waals surface area contributed by atoms with Crippen molar-refractivity contribution in [2.24, 2.45) is 16.8 Å². The summed E-state index contributed by atoms with van der Waals surface area (Å²) in [4.78, 5) is 9.73. The second kappa shape index (κ2) is 10.6. The molecular formula is C21H41N5O. The average molecular weight is 380 g/mol. The fourth-order valence-corrected chi connectivity index (χ4v) is 4.10. The van der Waals surface area contributed by atoms with Crippen molar-refractivity contribution in [3.8, 4) is 0 Å². The summed E-state index contributed by atoms with van der Waals surface area (Å²) >= 11 is 0. The molecule has 0 aromatic carbocycles. The Morgan fingerprint density at radius 2 is 1.89 bits per heavy atom. The molecule has 156 valence electrons. The number of morpholine rings is 1. The van der Waals surface area contributed by atoms with Crippen molar-refractivity contribution in [1.29, 1.82) is 0 Å². The van der Waals surface area contributed by atoms with E-state index in [1.165, 1.54) is 38.6 Å². The van der Waals surface area contributed by atoms with E-state index in [-0.39, 0.29) is 0 Å². The molecule has 0 spiro atoms. The molecule has 1 saturated heterocycles. The Hall–Kier alpha value is -0.850. The molecule has 27 heavy (non-hydrogen) atoms. The number of rotatable bonds is 11. The van der Waals surface area contributed by atoms with Gasteiger partial charge in [0, 0.05) is 58.4 Å². The minimum atomic E-state index is 0.547. The lowest BCUT2D eigenvalue weighted by Crippen LogP contribution is -2.51. The average Bonchev–Trinajstić information content (AvgIpc) is 3.56. The van der Waals surface area contributed by atoms with E-state index in [4.69, 9.17) is 4.74 Å². The summed E-state index contributed by atoms with van der Waals surface area (Å²) in [6, 6.07) is 1.41. The van der Waals surface area contributed by atoms with E-state index in [0.717, 1.165) is 63.9 Å². The van der Waals surface area contributed by atoms with Crippen molar-refractivity contribution in [2.45, 2.75) is 58.0 Å². The molecule has 3 rings (SSSR count). The quantitative estimate of drug-likeness (QED) is 0.423. The molecule has 6 heteroatoms. The molecule has 0 bridgehead atoms. The van der Waals surface area contributed by atoms with Crippen LogP contribution < -0.4 is 10.6 Å². The van der Waals surface area contributed by atoms with E-state index in [9.17, 15) is 0 Å². The maximum atomic E-state index is 5.53. The van der Waals surface area contributed by atoms with Gasteiger partial charge < -0.3 is 15.4 Å². The van der Waals surface area contributed by atoms with Gasteiger partial charge in [0.25, 0.3) is 0 Å². The standard InChI is InChI=1S/C21H41N5O/c1-17(2)14-20(25-10-12-27-13-11-25)15-24-21(22-3)23-8-9-26(19-6-7-19)16-18-4-5-18/h17-20H,4-16H2,1-3H3,(H2,22,23,24). The topological polar surface area (TPSA) is 52.1 Å². The summed E-state index contributed by atoms with van der Waals surface area (Å²) in [5.74, 6) is 2.62. The van der Waals surface area contributed by atoms with Crippen LogP contribution in [0, 0.1) is 11.8 Å². The van der Waals surface area contributed by atoms with Gasteiger partial charge in [0.15, 0.2) is 5.96 Å². The lowest BCUT2D eigenvalue weighted by atomic mass is 10.0. The minimum absolute atomic E-state index is 0.547. The molecule has 3 aliphatic rings. The zero-order valence-corrected chi connectivity index (χ0v) is 17.8. The maximum Gasteiger partial charge on any atom is 0.191 e. The highest BCUT2D eigenvalue weighted by molar-refractivity contribution is 5.79. The predicted molar refractivity (Wildman–Crippen MR) is 112 cm³/mol. The van der Waals surface area contributed by atoms with Crippen LogP contribution in [-0.2, 0) is 4.74 Å². The highest BCUT2D eigenvalue weighted by Crippen LogP contribution is 2.34. The number of hydrogen-bond acceptors (Lipinski definition) is 4. The molecule has 1 unspecified atom stereocenters. The third kappa shape index (κ3) is 7.59. The second-order valence-corrected chi connectivity index (χ2v) is 8.98. The highest BCUT2D eigenvalue weighted by Gasteiger charge is 2.33. The molecule has 6 nitrogen and oxygen atoms in total. The third-order valence-corrected chi connectivity index (χ3v) is 5.98. The Bertz CT molecular complexity index is 455. The van der Waals surface area contributed by atoms with Gasteiger partial charge >= 0.3 is 0 Å². The van der Waals surface area contributed by atoms with E-state index < -0.39 is 0 Å². The number of guanidine groups is 1. The van der Waals surface area contributed by atoms with Gasteiger partial charge in [0.2, 0.25) is 0 Å². The van der Waals surface area contributed by atoms with Crippen molar-refractivity contribution in [3.05, 3.63) is 0 Å². The molecule has 0 amide bonds. The molecule has 1 aliphatic heterocycles. The first kappa shape index (κ1) is 20.9. The Labute approximate surface area is 166 Å². The third-order valence-electron chi connectivity index (χ3n) is 5.98. The van der Waals surface area contributed by atoms with Gasteiger partial charge in [-0.25, -0.2) is 0 Å². The molecule has 2 aliphatic carbocycles. The summed E-state index contributed by atoms with van der Waals surface area (Å²) in [5, 5.41) is 7.12. The van der Waals surface area contributed by atoms with Crippen LogP contribution in [0.3, 0.4) is 0 Å². The van der Waals surface area contributed by atoms with Gasteiger partial charge in [-0.3, -0.25) is 14.8 Å². The SMILES string of the molecule is CN=C(NCCN(CC1CC1)C1CC1)NCC(CC(C)C)N1CCOCC1. The van der Waals surface area contributed by atoms with E-state index >= 15 is 0 Å². The molecular weight excluding hydrogens is 338 g/mol. The van der Waals surface area contributed by atoms with E-state index in [2.05, 4.69) is 39.3 Å². The smallest absolute Gasteiger partial charge is 0.191 e. The number of ether oxygens (including phenoxy) is 1. The fraction of sp³-hybridized carbons (Fsp3) is 0.952. The summed E-state index contributed by atoms with van der Waals surface area (Å²) in [5.41, 5.74) is 0. The predicted octanol–water partition coefficient (Wildman–Crippen LogP) is 1.77. The second-order valence-electron chi connectivity index (χ2n) is 8.98. The molecule has 0 aromatic heterocycles. The van der Waals surface area contributed by atoms with Crippen molar-refractivity contribution in [3.63, 3.8) is 0 Å². The zero-order valence-electron chi connectivity index (χ0n) is 17.8. The van der Waals surface area contributed by atoms with Crippen molar-refractivity contribution in [1.82, 2.24) is 20.4 Å². The van der Waals surface area contributed by atoms with Gasteiger partial charge in [-0.2, -0.15) is 0 Å². The first-order valence-electron chi connectivity index (χ1n) is 11.2. The number of nitrogens with one attached hydrogen (secondary N) is 2. The first-order chi connectivity index (χ1) is 13.2. The van der Waals surface area contributed by atoms with Crippen LogP contribution in [0.1, 0.15) is 46.0 Å². The largest absolute Gasteiger partial charge is 0.379 e. The summed E-state index contributed by atoms with van der Waals surface area (Å²) < 4.78 is 5.53. The molecule has 2 N–H and O–H groups in total. The number of aliphatic imine (C=N–C) groups is 1. The molecule has 1 heterocycles. The van der Waals surface area contributed by atoms with Crippen LogP contribution in [0.25, 0.3) is 0 Å². The van der Waals surface area contributed by atoms with Gasteiger partial charge in [-0.15, -0.1) is 0 Å². The number of hydrogen-bond donors (Lipinski definition) is 2. The van der Waals surface area contributed by atoms with Crippen molar-refractivity contribution < 1.29 is 4.74 Å². The molecule has 0 radical (unpaired) electrons. The van der Waals surface area contributed by atoms with Crippen molar-refractivity contribution in [2.75, 3.05) is 59.5 Å². The van der Waals surface area contributed by atoms with Crippen molar-refractivity contribution >= 4 is 5.96 Å². The Morgan fingerprint density at radius 3 is 2.48 bits per heavy atom. The Morgan fingerprint density at radius 1 is 1.15 bits per heavy atom. The van der Waals surface area contributed by atoms with Gasteiger partial charge in [-0.1, -0.05) is 13.8 Å². The van der Waals surface area contributed by atoms with E-state index in [0.29, 0.717) is 12.0 Å². The lowest BCUT2D eigenvalue weighted by Gasteiger charge is -2.35. The van der Waals surface area contributed by atoms with Gasteiger partial charge in [0.05, 0.1) is 13.2 Å². The number of nitrogens with zero attached hydrogens (tertiary/aromatic N) is 3. The van der Waals surface area contributed by atoms with Crippen LogP contribution in [-0.4, -0.2) is 87.4 Å². The molecule has 2 saturated carbocycles. The monoisotopic (exact) mass is 379 g/mol. The molecule has 0 aromatic rings. The molecule has 3 fully saturated rings. The minimum Gasteiger partial charge on any atom is -0.379 e. The Balaban J connectivity index is 1.39.